The van der Waals surface area contributed by atoms with Gasteiger partial charge in [0.1, 0.15) is 0 Å². The summed E-state index contributed by atoms with van der Waals surface area (Å²) in [6.45, 7) is 8.14. The maximum absolute atomic E-state index is 3.80. The lowest BCUT2D eigenvalue weighted by atomic mass is 10.0. The molecule has 1 rings (SSSR count). The fourth-order valence-corrected chi connectivity index (χ4v) is 1.42. The molecule has 0 unspecified atom stereocenters. The molecule has 0 heteroatoms. The molecule has 1 aromatic rings. The second-order valence-electron chi connectivity index (χ2n) is 3.16. The zero-order chi connectivity index (χ0) is 8.97. The minimum Gasteiger partial charge on any atom is -0.0985 e. The van der Waals surface area contributed by atoms with Crippen LogP contribution in [0.3, 0.4) is 0 Å². The monoisotopic (exact) mass is 160 g/mol. The molecular formula is C12H16. The molecule has 12 heavy (non-hydrogen) atoms. The molecular weight excluding hydrogens is 144 g/mol. The highest BCUT2D eigenvalue weighted by Gasteiger charge is 1.97. The van der Waals surface area contributed by atoms with Crippen LogP contribution < -0.4 is 0 Å². The Balaban J connectivity index is 3.03. The Kier molecular flexibility index (Phi) is 3.09. The van der Waals surface area contributed by atoms with E-state index in [-0.39, 0.29) is 0 Å². The maximum Gasteiger partial charge on any atom is -0.0230 e. The first-order chi connectivity index (χ1) is 5.77. The molecule has 0 saturated carbocycles. The minimum absolute atomic E-state index is 1.16. The molecule has 0 radical (unpaired) electrons. The first kappa shape index (κ1) is 9.05. The summed E-state index contributed by atoms with van der Waals surface area (Å²) in [5.74, 6) is 0. The normalized spacial score (nSPS) is 9.83. The van der Waals surface area contributed by atoms with Gasteiger partial charge in [-0.3, -0.25) is 0 Å². The van der Waals surface area contributed by atoms with Gasteiger partial charge in [0.2, 0.25) is 0 Å². The maximum atomic E-state index is 3.80. The molecule has 1 aromatic carbocycles. The summed E-state index contributed by atoms with van der Waals surface area (Å²) in [6.07, 6.45) is 4.29. The van der Waals surface area contributed by atoms with Crippen LogP contribution in [0.1, 0.15) is 30.0 Å². The Hall–Kier alpha value is -1.04. The van der Waals surface area contributed by atoms with Crippen molar-refractivity contribution in [3.8, 4) is 0 Å². The van der Waals surface area contributed by atoms with E-state index in [2.05, 4.69) is 38.6 Å². The quantitative estimate of drug-likeness (QED) is 0.634. The van der Waals surface area contributed by atoms with Gasteiger partial charge in [0, 0.05) is 0 Å². The number of hydrogen-bond acceptors (Lipinski definition) is 0. The smallest absolute Gasteiger partial charge is 0.0230 e. The molecule has 0 N–H and O–H groups in total. The van der Waals surface area contributed by atoms with Crippen molar-refractivity contribution in [2.24, 2.45) is 0 Å². The number of hydrogen-bond donors (Lipinski definition) is 0. The Bertz CT molecular complexity index is 271. The fraction of sp³-hybridized carbons (Fsp3) is 0.333. The summed E-state index contributed by atoms with van der Waals surface area (Å²) in [5.41, 5.74) is 4.04. The highest BCUT2D eigenvalue weighted by Crippen LogP contribution is 2.14. The number of rotatable bonds is 3. The molecule has 0 aliphatic carbocycles. The third-order valence-electron chi connectivity index (χ3n) is 2.04. The van der Waals surface area contributed by atoms with Crippen LogP contribution in [0, 0.1) is 6.92 Å². The zero-order valence-electron chi connectivity index (χ0n) is 7.93. The van der Waals surface area contributed by atoms with Crippen LogP contribution in [-0.4, -0.2) is 0 Å². The van der Waals surface area contributed by atoms with Gasteiger partial charge in [0.15, 0.2) is 0 Å². The van der Waals surface area contributed by atoms with E-state index in [1.165, 1.54) is 23.1 Å². The van der Waals surface area contributed by atoms with Gasteiger partial charge in [-0.25, -0.2) is 0 Å². The minimum atomic E-state index is 1.16. The van der Waals surface area contributed by atoms with Crippen LogP contribution in [-0.2, 0) is 6.42 Å². The lowest BCUT2D eigenvalue weighted by molar-refractivity contribution is 0.918. The highest BCUT2D eigenvalue weighted by molar-refractivity contribution is 5.52. The predicted octanol–water partition coefficient (Wildman–Crippen LogP) is 3.59. The first-order valence-corrected chi connectivity index (χ1v) is 4.50. The topological polar surface area (TPSA) is 0 Å². The molecule has 0 fully saturated rings. The molecule has 0 bridgehead atoms. The zero-order valence-corrected chi connectivity index (χ0v) is 7.93. The van der Waals surface area contributed by atoms with Gasteiger partial charge < -0.3 is 0 Å². The van der Waals surface area contributed by atoms with Crippen molar-refractivity contribution in [2.45, 2.75) is 26.7 Å². The van der Waals surface area contributed by atoms with Crippen LogP contribution in [0.25, 0.3) is 6.08 Å². The fourth-order valence-electron chi connectivity index (χ4n) is 1.42. The van der Waals surface area contributed by atoms with E-state index in [0.717, 1.165) is 6.42 Å². The van der Waals surface area contributed by atoms with Gasteiger partial charge >= 0.3 is 0 Å². The second kappa shape index (κ2) is 4.10. The summed E-state index contributed by atoms with van der Waals surface area (Å²) < 4.78 is 0. The van der Waals surface area contributed by atoms with Gasteiger partial charge in [-0.1, -0.05) is 49.8 Å². The standard InChI is InChI=1S/C12H16/c1-4-6-12-9-10(3)7-8-11(12)5-2/h5,7-9H,2,4,6H2,1,3H3. The van der Waals surface area contributed by atoms with E-state index in [0.29, 0.717) is 0 Å². The van der Waals surface area contributed by atoms with E-state index < -0.39 is 0 Å². The molecule has 0 aliphatic rings. The van der Waals surface area contributed by atoms with Crippen molar-refractivity contribution < 1.29 is 0 Å². The van der Waals surface area contributed by atoms with E-state index >= 15 is 0 Å². The molecule has 0 atom stereocenters. The summed E-state index contributed by atoms with van der Waals surface area (Å²) in [6, 6.07) is 6.53. The van der Waals surface area contributed by atoms with Crippen LogP contribution >= 0.6 is 0 Å². The van der Waals surface area contributed by atoms with Crippen LogP contribution in [0.5, 0.6) is 0 Å². The van der Waals surface area contributed by atoms with Gasteiger partial charge in [-0.15, -0.1) is 0 Å². The van der Waals surface area contributed by atoms with E-state index in [4.69, 9.17) is 0 Å². The van der Waals surface area contributed by atoms with Crippen molar-refractivity contribution in [1.29, 1.82) is 0 Å². The van der Waals surface area contributed by atoms with Gasteiger partial charge in [-0.2, -0.15) is 0 Å². The Morgan fingerprint density at radius 2 is 2.17 bits per heavy atom. The van der Waals surface area contributed by atoms with Crippen molar-refractivity contribution in [3.05, 3.63) is 41.5 Å². The van der Waals surface area contributed by atoms with E-state index in [1.54, 1.807) is 0 Å². The SMILES string of the molecule is C=Cc1ccc(C)cc1CCC. The van der Waals surface area contributed by atoms with E-state index in [1.807, 2.05) is 6.08 Å². The summed E-state index contributed by atoms with van der Waals surface area (Å²) in [7, 11) is 0. The predicted molar refractivity (Wildman–Crippen MR) is 55.3 cm³/mol. The van der Waals surface area contributed by atoms with Crippen molar-refractivity contribution in [2.75, 3.05) is 0 Å². The van der Waals surface area contributed by atoms with Crippen molar-refractivity contribution >= 4 is 6.08 Å². The largest absolute Gasteiger partial charge is 0.0985 e. The summed E-state index contributed by atoms with van der Waals surface area (Å²) in [4.78, 5) is 0. The molecule has 0 aromatic heterocycles. The van der Waals surface area contributed by atoms with Crippen molar-refractivity contribution in [1.82, 2.24) is 0 Å². The second-order valence-corrected chi connectivity index (χ2v) is 3.16. The van der Waals surface area contributed by atoms with Crippen LogP contribution in [0.4, 0.5) is 0 Å². The molecule has 0 amide bonds. The van der Waals surface area contributed by atoms with Gasteiger partial charge in [0.25, 0.3) is 0 Å². The van der Waals surface area contributed by atoms with Gasteiger partial charge in [-0.05, 0) is 24.5 Å². The van der Waals surface area contributed by atoms with Gasteiger partial charge in [0.05, 0.1) is 0 Å². The molecule has 0 aliphatic heterocycles. The van der Waals surface area contributed by atoms with E-state index in [9.17, 15) is 0 Å². The molecule has 0 saturated heterocycles. The van der Waals surface area contributed by atoms with Crippen LogP contribution in [0.2, 0.25) is 0 Å². The Morgan fingerprint density at radius 1 is 1.42 bits per heavy atom. The number of aryl methyl sites for hydroxylation is 2. The lowest BCUT2D eigenvalue weighted by Gasteiger charge is -2.05. The summed E-state index contributed by atoms with van der Waals surface area (Å²) in [5, 5.41) is 0. The lowest BCUT2D eigenvalue weighted by Crippen LogP contribution is -1.88. The number of benzene rings is 1. The van der Waals surface area contributed by atoms with Crippen LogP contribution in [0.15, 0.2) is 24.8 Å². The average molecular weight is 160 g/mol. The average Bonchev–Trinajstić information content (AvgIpc) is 2.05. The molecule has 0 heterocycles. The third kappa shape index (κ3) is 1.97. The Labute approximate surface area is 74.9 Å². The highest BCUT2D eigenvalue weighted by atomic mass is 14.0. The molecule has 0 spiro atoms. The Morgan fingerprint density at radius 3 is 2.75 bits per heavy atom. The first-order valence-electron chi connectivity index (χ1n) is 4.50. The molecule has 64 valence electrons. The molecule has 0 nitrogen and oxygen atoms in total. The summed E-state index contributed by atoms with van der Waals surface area (Å²) >= 11 is 0. The third-order valence-corrected chi connectivity index (χ3v) is 2.04. The van der Waals surface area contributed by atoms with Crippen molar-refractivity contribution in [3.63, 3.8) is 0 Å².